The lowest BCUT2D eigenvalue weighted by Crippen LogP contribution is -2.46. The van der Waals surface area contributed by atoms with E-state index in [1.54, 1.807) is 12.1 Å². The summed E-state index contributed by atoms with van der Waals surface area (Å²) in [5.41, 5.74) is 6.82. The standard InChI is InChI=1S/C28H25FN4OS/c1-4-19-6-5-7-23(16-19)33-18(3)24(25(30-28(33)35)20-10-8-17(2)9-11-20)27-31-26(32-34-27)21-12-14-22(29)15-13-21/h5-16,25H,4H2,1-3H3,(H,30,35). The number of halogens is 1. The minimum Gasteiger partial charge on any atom is -0.351 e. The molecule has 3 aromatic carbocycles. The van der Waals surface area contributed by atoms with Crippen molar-refractivity contribution in [2.45, 2.75) is 33.2 Å². The summed E-state index contributed by atoms with van der Waals surface area (Å²) < 4.78 is 19.2. The van der Waals surface area contributed by atoms with Crippen molar-refractivity contribution in [2.75, 3.05) is 4.90 Å². The Morgan fingerprint density at radius 3 is 2.49 bits per heavy atom. The van der Waals surface area contributed by atoms with E-state index in [9.17, 15) is 4.39 Å². The molecule has 0 bridgehead atoms. The molecule has 1 N–H and O–H groups in total. The number of benzene rings is 3. The third kappa shape index (κ3) is 4.47. The molecule has 7 heteroatoms. The first-order valence-corrected chi connectivity index (χ1v) is 11.9. The van der Waals surface area contributed by atoms with Gasteiger partial charge in [0.2, 0.25) is 5.82 Å². The lowest BCUT2D eigenvalue weighted by Gasteiger charge is -2.37. The minimum atomic E-state index is -0.314. The number of hydrogen-bond donors (Lipinski definition) is 1. The van der Waals surface area contributed by atoms with Crippen molar-refractivity contribution in [3.63, 3.8) is 0 Å². The van der Waals surface area contributed by atoms with Crippen molar-refractivity contribution in [1.29, 1.82) is 0 Å². The van der Waals surface area contributed by atoms with Crippen LogP contribution >= 0.6 is 12.2 Å². The molecule has 0 radical (unpaired) electrons. The van der Waals surface area contributed by atoms with E-state index in [-0.39, 0.29) is 11.9 Å². The van der Waals surface area contributed by atoms with Crippen LogP contribution in [0, 0.1) is 12.7 Å². The fourth-order valence-electron chi connectivity index (χ4n) is 4.30. The predicted octanol–water partition coefficient (Wildman–Crippen LogP) is 6.61. The number of aryl methyl sites for hydroxylation is 2. The van der Waals surface area contributed by atoms with E-state index in [0.717, 1.165) is 28.9 Å². The number of anilines is 1. The van der Waals surface area contributed by atoms with E-state index in [1.807, 2.05) is 24.0 Å². The van der Waals surface area contributed by atoms with E-state index in [0.29, 0.717) is 22.4 Å². The van der Waals surface area contributed by atoms with Crippen molar-refractivity contribution in [3.8, 4) is 11.4 Å². The number of nitrogens with zero attached hydrogens (tertiary/aromatic N) is 3. The average molecular weight is 485 g/mol. The molecule has 0 spiro atoms. The Kier molecular flexibility index (Phi) is 6.17. The van der Waals surface area contributed by atoms with Crippen molar-refractivity contribution in [3.05, 3.63) is 107 Å². The van der Waals surface area contributed by atoms with Crippen LogP contribution in [-0.2, 0) is 6.42 Å². The number of thiocarbonyl (C=S) groups is 1. The SMILES string of the molecule is CCc1cccc(N2C(=S)NC(c3ccc(C)cc3)C(c3nc(-c4ccc(F)cc4)no3)=C2C)c1. The lowest BCUT2D eigenvalue weighted by atomic mass is 9.94. The summed E-state index contributed by atoms with van der Waals surface area (Å²) in [4.78, 5) is 6.71. The maximum absolute atomic E-state index is 13.4. The van der Waals surface area contributed by atoms with Crippen LogP contribution in [0.1, 0.15) is 42.5 Å². The van der Waals surface area contributed by atoms with E-state index in [2.05, 4.69) is 60.7 Å². The summed E-state index contributed by atoms with van der Waals surface area (Å²) in [5.74, 6) is 0.472. The number of aromatic nitrogens is 2. The van der Waals surface area contributed by atoms with Crippen molar-refractivity contribution < 1.29 is 8.91 Å². The zero-order valence-corrected chi connectivity index (χ0v) is 20.6. The van der Waals surface area contributed by atoms with Crippen LogP contribution in [0.15, 0.2) is 83.0 Å². The first-order valence-electron chi connectivity index (χ1n) is 11.5. The van der Waals surface area contributed by atoms with Gasteiger partial charge in [0.05, 0.1) is 11.6 Å². The van der Waals surface area contributed by atoms with E-state index in [4.69, 9.17) is 21.7 Å². The molecule has 1 atom stereocenters. The number of rotatable bonds is 5. The number of nitrogens with one attached hydrogen (secondary N) is 1. The van der Waals surface area contributed by atoms with Gasteiger partial charge in [-0.1, -0.05) is 54.0 Å². The Balaban J connectivity index is 1.65. The molecule has 1 aliphatic rings. The monoisotopic (exact) mass is 484 g/mol. The van der Waals surface area contributed by atoms with E-state index < -0.39 is 0 Å². The van der Waals surface area contributed by atoms with Crippen LogP contribution in [0.3, 0.4) is 0 Å². The summed E-state index contributed by atoms with van der Waals surface area (Å²) in [6.07, 6.45) is 0.925. The first kappa shape index (κ1) is 22.9. The van der Waals surface area contributed by atoms with Gasteiger partial charge in [0, 0.05) is 16.9 Å². The Morgan fingerprint density at radius 2 is 1.77 bits per heavy atom. The van der Waals surface area contributed by atoms with Crippen LogP contribution < -0.4 is 10.2 Å². The van der Waals surface area contributed by atoms with Gasteiger partial charge in [-0.2, -0.15) is 4.98 Å². The fraction of sp³-hybridized carbons (Fsp3) is 0.179. The van der Waals surface area contributed by atoms with Gasteiger partial charge < -0.3 is 9.84 Å². The second kappa shape index (κ2) is 9.43. The van der Waals surface area contributed by atoms with Gasteiger partial charge in [0.1, 0.15) is 5.82 Å². The Labute approximate surface area is 209 Å². The second-order valence-corrected chi connectivity index (χ2v) is 8.97. The average Bonchev–Trinajstić information content (AvgIpc) is 3.34. The van der Waals surface area contributed by atoms with E-state index >= 15 is 0 Å². The Morgan fingerprint density at radius 1 is 1.03 bits per heavy atom. The molecule has 0 saturated carbocycles. The highest BCUT2D eigenvalue weighted by Crippen LogP contribution is 2.39. The van der Waals surface area contributed by atoms with E-state index in [1.165, 1.54) is 23.3 Å². The molecule has 0 aliphatic carbocycles. The number of allylic oxidation sites excluding steroid dienone is 1. The predicted molar refractivity (Wildman–Crippen MR) is 140 cm³/mol. The third-order valence-electron chi connectivity index (χ3n) is 6.23. The molecule has 1 aromatic heterocycles. The molecule has 4 aromatic rings. The zero-order valence-electron chi connectivity index (χ0n) is 19.7. The fourth-order valence-corrected chi connectivity index (χ4v) is 4.66. The summed E-state index contributed by atoms with van der Waals surface area (Å²) >= 11 is 5.84. The van der Waals surface area contributed by atoms with Gasteiger partial charge >= 0.3 is 0 Å². The highest BCUT2D eigenvalue weighted by molar-refractivity contribution is 7.80. The quantitative estimate of drug-likeness (QED) is 0.322. The summed E-state index contributed by atoms with van der Waals surface area (Å²) in [6, 6.07) is 22.4. The maximum atomic E-state index is 13.4. The lowest BCUT2D eigenvalue weighted by molar-refractivity contribution is 0.404. The molecule has 35 heavy (non-hydrogen) atoms. The van der Waals surface area contributed by atoms with Crippen LogP contribution in [0.5, 0.6) is 0 Å². The normalized spacial score (nSPS) is 15.9. The van der Waals surface area contributed by atoms with Gasteiger partial charge in [0.15, 0.2) is 5.11 Å². The molecule has 5 rings (SSSR count). The Bertz CT molecular complexity index is 1410. The summed E-state index contributed by atoms with van der Waals surface area (Å²) in [7, 11) is 0. The highest BCUT2D eigenvalue weighted by Gasteiger charge is 2.34. The molecule has 5 nitrogen and oxygen atoms in total. The molecule has 0 amide bonds. The summed E-state index contributed by atoms with van der Waals surface area (Å²) in [5, 5.41) is 8.29. The largest absolute Gasteiger partial charge is 0.351 e. The van der Waals surface area contributed by atoms with Crippen LogP contribution in [0.2, 0.25) is 0 Å². The highest BCUT2D eigenvalue weighted by atomic mass is 32.1. The molecule has 1 unspecified atom stereocenters. The third-order valence-corrected chi connectivity index (χ3v) is 6.53. The molecule has 2 heterocycles. The van der Waals surface area contributed by atoms with Gasteiger partial charge in [-0.25, -0.2) is 4.39 Å². The Hall–Kier alpha value is -3.84. The minimum absolute atomic E-state index is 0.268. The van der Waals surface area contributed by atoms with Gasteiger partial charge in [0.25, 0.3) is 5.89 Å². The summed E-state index contributed by atoms with van der Waals surface area (Å²) in [6.45, 7) is 6.20. The van der Waals surface area contributed by atoms with Crippen molar-refractivity contribution in [2.24, 2.45) is 0 Å². The number of hydrogen-bond acceptors (Lipinski definition) is 4. The van der Waals surface area contributed by atoms with Crippen molar-refractivity contribution in [1.82, 2.24) is 15.5 Å². The molecule has 0 saturated heterocycles. The molecule has 176 valence electrons. The molecular formula is C28H25FN4OS. The second-order valence-electron chi connectivity index (χ2n) is 8.58. The topological polar surface area (TPSA) is 54.2 Å². The van der Waals surface area contributed by atoms with Crippen LogP contribution in [-0.4, -0.2) is 15.3 Å². The first-order chi connectivity index (χ1) is 16.9. The smallest absolute Gasteiger partial charge is 0.258 e. The zero-order chi connectivity index (χ0) is 24.5. The van der Waals surface area contributed by atoms with Crippen molar-refractivity contribution >= 4 is 28.6 Å². The molecule has 0 fully saturated rings. The molecule has 1 aliphatic heterocycles. The maximum Gasteiger partial charge on any atom is 0.258 e. The van der Waals surface area contributed by atoms with Crippen LogP contribution in [0.25, 0.3) is 17.0 Å². The van der Waals surface area contributed by atoms with Gasteiger partial charge in [-0.05, 0) is 80.0 Å². The van der Waals surface area contributed by atoms with Crippen LogP contribution in [0.4, 0.5) is 10.1 Å². The van der Waals surface area contributed by atoms with Gasteiger partial charge in [-0.3, -0.25) is 4.90 Å². The van der Waals surface area contributed by atoms with Gasteiger partial charge in [-0.15, -0.1) is 0 Å². The molecular weight excluding hydrogens is 459 g/mol.